The molecule has 0 aromatic carbocycles. The van der Waals surface area contributed by atoms with E-state index in [0.29, 0.717) is 0 Å². The Bertz CT molecular complexity index is 37.6. The minimum atomic E-state index is 1.21. The van der Waals surface area contributed by atoms with Gasteiger partial charge in [-0.2, -0.15) is 11.8 Å². The fourth-order valence-corrected chi connectivity index (χ4v) is 1.51. The average Bonchev–Trinajstić information content (AvgIpc) is 2.17. The molecule has 0 aromatic rings. The Hall–Kier alpha value is 0.310. The Morgan fingerprint density at radius 1 is 1.20 bits per heavy atom. The molecule has 0 atom stereocenters. The Morgan fingerprint density at radius 3 is 2.60 bits per heavy atom. The third-order valence-electron chi connectivity index (χ3n) is 1.07. The van der Waals surface area contributed by atoms with Crippen molar-refractivity contribution in [3.8, 4) is 0 Å². The highest BCUT2D eigenvalue weighted by Gasteiger charge is 1.94. The van der Waals surface area contributed by atoms with Gasteiger partial charge in [0.1, 0.15) is 0 Å². The molecule has 1 heterocycles. The molecule has 2 heteroatoms. The molecule has 0 spiro atoms. The van der Waals surface area contributed by atoms with E-state index in [1.807, 2.05) is 0 Å². The first-order valence-electron chi connectivity index (χ1n) is 4.20. The molecule has 1 aliphatic heterocycles. The smallest absolute Gasteiger partial charge is 0.00581 e. The van der Waals surface area contributed by atoms with E-state index in [0.717, 1.165) is 0 Å². The first-order chi connectivity index (χ1) is 4.91. The minimum absolute atomic E-state index is 1.21. The zero-order valence-electron chi connectivity index (χ0n) is 7.15. The van der Waals surface area contributed by atoms with Crippen LogP contribution in [-0.4, -0.2) is 24.6 Å². The molecule has 0 saturated carbocycles. The second-order valence-electron chi connectivity index (χ2n) is 2.42. The topological polar surface area (TPSA) is 12.0 Å². The molecule has 0 radical (unpaired) electrons. The molecule has 0 unspecified atom stereocenters. The maximum Gasteiger partial charge on any atom is 0.00581 e. The number of thioether (sulfide) groups is 1. The average molecular weight is 161 g/mol. The second kappa shape index (κ2) is 9.31. The van der Waals surface area contributed by atoms with Crippen molar-refractivity contribution in [2.45, 2.75) is 26.7 Å². The van der Waals surface area contributed by atoms with E-state index >= 15 is 0 Å². The molecule has 1 N–H and O–H groups in total. The van der Waals surface area contributed by atoms with E-state index in [1.54, 1.807) is 0 Å². The van der Waals surface area contributed by atoms with Crippen molar-refractivity contribution in [2.24, 2.45) is 0 Å². The summed E-state index contributed by atoms with van der Waals surface area (Å²) in [4.78, 5) is 0. The molecule has 62 valence electrons. The Morgan fingerprint density at radius 2 is 1.90 bits per heavy atom. The van der Waals surface area contributed by atoms with Crippen molar-refractivity contribution in [1.29, 1.82) is 0 Å². The molecule has 1 saturated heterocycles. The lowest BCUT2D eigenvalue weighted by molar-refractivity contribution is 0.724. The summed E-state index contributed by atoms with van der Waals surface area (Å²) in [5.74, 6) is 2.66. The molecule has 1 nitrogen and oxygen atoms in total. The van der Waals surface area contributed by atoms with E-state index in [4.69, 9.17) is 0 Å². The van der Waals surface area contributed by atoms with Crippen molar-refractivity contribution in [3.63, 3.8) is 0 Å². The first-order valence-corrected chi connectivity index (χ1v) is 5.35. The summed E-state index contributed by atoms with van der Waals surface area (Å²) < 4.78 is 0. The second-order valence-corrected chi connectivity index (χ2v) is 3.65. The van der Waals surface area contributed by atoms with Crippen molar-refractivity contribution >= 4 is 11.8 Å². The van der Waals surface area contributed by atoms with Gasteiger partial charge in [0.05, 0.1) is 0 Å². The third-order valence-corrected chi connectivity index (χ3v) is 2.14. The summed E-state index contributed by atoms with van der Waals surface area (Å²) >= 11 is 2.05. The highest BCUT2D eigenvalue weighted by Crippen LogP contribution is 2.02. The van der Waals surface area contributed by atoms with E-state index < -0.39 is 0 Å². The van der Waals surface area contributed by atoms with Crippen LogP contribution in [0.25, 0.3) is 0 Å². The molecule has 0 amide bonds. The van der Waals surface area contributed by atoms with Gasteiger partial charge in [-0.15, -0.1) is 0 Å². The molecular formula is C8H19NS. The third kappa shape index (κ3) is 8.31. The standard InChI is InChI=1S/C5H11NS.C3H8/c1-2-6-3-5-7-4-1;1-3-2/h6H,1-5H2;3H2,1-2H3. The lowest BCUT2D eigenvalue weighted by atomic mass is 10.5. The van der Waals surface area contributed by atoms with Crippen LogP contribution in [0, 0.1) is 0 Å². The van der Waals surface area contributed by atoms with E-state index in [1.165, 1.54) is 37.4 Å². The summed E-state index contributed by atoms with van der Waals surface area (Å²) in [5.41, 5.74) is 0. The normalized spacial score (nSPS) is 18.6. The predicted molar refractivity (Wildman–Crippen MR) is 50.8 cm³/mol. The van der Waals surface area contributed by atoms with Gasteiger partial charge < -0.3 is 5.32 Å². The van der Waals surface area contributed by atoms with Crippen LogP contribution >= 0.6 is 11.8 Å². The molecule has 1 fully saturated rings. The lowest BCUT2D eigenvalue weighted by Crippen LogP contribution is -2.15. The van der Waals surface area contributed by atoms with Crippen LogP contribution in [0.15, 0.2) is 0 Å². The fraction of sp³-hybridized carbons (Fsp3) is 1.00. The van der Waals surface area contributed by atoms with Gasteiger partial charge in [0.15, 0.2) is 0 Å². The van der Waals surface area contributed by atoms with Gasteiger partial charge in [-0.1, -0.05) is 20.3 Å². The van der Waals surface area contributed by atoms with Gasteiger partial charge in [0, 0.05) is 12.3 Å². The van der Waals surface area contributed by atoms with Gasteiger partial charge in [-0.05, 0) is 18.7 Å². The minimum Gasteiger partial charge on any atom is -0.316 e. The number of nitrogens with one attached hydrogen (secondary N) is 1. The largest absolute Gasteiger partial charge is 0.316 e. The van der Waals surface area contributed by atoms with Crippen LogP contribution in [0.1, 0.15) is 26.7 Å². The summed E-state index contributed by atoms with van der Waals surface area (Å²) in [7, 11) is 0. The monoisotopic (exact) mass is 161 g/mol. The fourth-order valence-electron chi connectivity index (χ4n) is 0.671. The zero-order valence-corrected chi connectivity index (χ0v) is 7.97. The Labute approximate surface area is 69.0 Å². The summed E-state index contributed by atoms with van der Waals surface area (Å²) in [6.07, 6.45) is 2.60. The number of hydrogen-bond acceptors (Lipinski definition) is 2. The summed E-state index contributed by atoms with van der Waals surface area (Å²) in [6, 6.07) is 0. The predicted octanol–water partition coefficient (Wildman–Crippen LogP) is 2.13. The molecular weight excluding hydrogens is 142 g/mol. The van der Waals surface area contributed by atoms with E-state index in [-0.39, 0.29) is 0 Å². The molecule has 0 aromatic heterocycles. The van der Waals surface area contributed by atoms with E-state index in [9.17, 15) is 0 Å². The van der Waals surface area contributed by atoms with Gasteiger partial charge in [0.25, 0.3) is 0 Å². The van der Waals surface area contributed by atoms with Crippen LogP contribution in [0.4, 0.5) is 0 Å². The van der Waals surface area contributed by atoms with Crippen molar-refractivity contribution < 1.29 is 0 Å². The Balaban J connectivity index is 0.000000236. The maximum absolute atomic E-state index is 3.33. The highest BCUT2D eigenvalue weighted by atomic mass is 32.2. The van der Waals surface area contributed by atoms with Crippen LogP contribution in [0.2, 0.25) is 0 Å². The van der Waals surface area contributed by atoms with Crippen LogP contribution in [0.3, 0.4) is 0 Å². The van der Waals surface area contributed by atoms with Gasteiger partial charge in [-0.3, -0.25) is 0 Å². The first kappa shape index (κ1) is 10.3. The molecule has 0 aliphatic carbocycles. The summed E-state index contributed by atoms with van der Waals surface area (Å²) in [5, 5.41) is 3.33. The van der Waals surface area contributed by atoms with Crippen LogP contribution in [-0.2, 0) is 0 Å². The SMILES string of the molecule is C1CNCCSC1.CCC. The van der Waals surface area contributed by atoms with Gasteiger partial charge >= 0.3 is 0 Å². The lowest BCUT2D eigenvalue weighted by Gasteiger charge is -1.91. The maximum atomic E-state index is 3.33. The van der Waals surface area contributed by atoms with Gasteiger partial charge in [0.2, 0.25) is 0 Å². The van der Waals surface area contributed by atoms with Crippen molar-refractivity contribution in [2.75, 3.05) is 24.6 Å². The molecule has 1 rings (SSSR count). The Kier molecular flexibility index (Phi) is 9.60. The molecule has 10 heavy (non-hydrogen) atoms. The van der Waals surface area contributed by atoms with E-state index in [2.05, 4.69) is 30.9 Å². The summed E-state index contributed by atoms with van der Waals surface area (Å²) in [6.45, 7) is 6.69. The van der Waals surface area contributed by atoms with Crippen LogP contribution < -0.4 is 5.32 Å². The molecule has 0 bridgehead atoms. The number of rotatable bonds is 0. The molecule has 1 aliphatic rings. The highest BCUT2D eigenvalue weighted by molar-refractivity contribution is 7.99. The zero-order chi connectivity index (χ0) is 7.66. The van der Waals surface area contributed by atoms with Crippen molar-refractivity contribution in [3.05, 3.63) is 0 Å². The van der Waals surface area contributed by atoms with Crippen molar-refractivity contribution in [1.82, 2.24) is 5.32 Å². The van der Waals surface area contributed by atoms with Gasteiger partial charge in [-0.25, -0.2) is 0 Å². The quantitative estimate of drug-likeness (QED) is 0.584. The van der Waals surface area contributed by atoms with Crippen LogP contribution in [0.5, 0.6) is 0 Å². The number of hydrogen-bond donors (Lipinski definition) is 1.